The maximum absolute atomic E-state index is 5.90. The lowest BCUT2D eigenvalue weighted by molar-refractivity contribution is 0.734. The molecule has 1 aliphatic rings. The van der Waals surface area contributed by atoms with E-state index in [1.807, 2.05) is 11.8 Å². The van der Waals surface area contributed by atoms with Crippen molar-refractivity contribution in [3.63, 3.8) is 0 Å². The summed E-state index contributed by atoms with van der Waals surface area (Å²) in [5.41, 5.74) is 11.7. The summed E-state index contributed by atoms with van der Waals surface area (Å²) in [6.07, 6.45) is 4.77. The molecule has 1 unspecified atom stereocenters. The van der Waals surface area contributed by atoms with E-state index in [2.05, 4.69) is 50.2 Å². The first-order chi connectivity index (χ1) is 10.1. The summed E-state index contributed by atoms with van der Waals surface area (Å²) in [6.45, 7) is 4.25. The number of rotatable bonds is 4. The molecule has 0 spiro atoms. The van der Waals surface area contributed by atoms with Crippen LogP contribution >= 0.6 is 11.8 Å². The Morgan fingerprint density at radius 3 is 2.52 bits per heavy atom. The second kappa shape index (κ2) is 6.25. The largest absolute Gasteiger partial charge is 0.328 e. The van der Waals surface area contributed by atoms with E-state index in [-0.39, 0.29) is 6.04 Å². The topological polar surface area (TPSA) is 26.0 Å². The van der Waals surface area contributed by atoms with E-state index < -0.39 is 0 Å². The fourth-order valence-electron chi connectivity index (χ4n) is 3.06. The van der Waals surface area contributed by atoms with Crippen molar-refractivity contribution in [2.45, 2.75) is 55.4 Å². The quantitative estimate of drug-likeness (QED) is 0.897. The van der Waals surface area contributed by atoms with Crippen LogP contribution in [0.25, 0.3) is 0 Å². The van der Waals surface area contributed by atoms with Crippen molar-refractivity contribution < 1.29 is 0 Å². The Morgan fingerprint density at radius 2 is 1.76 bits per heavy atom. The van der Waals surface area contributed by atoms with Gasteiger partial charge in [-0.1, -0.05) is 23.9 Å². The van der Waals surface area contributed by atoms with E-state index in [0.717, 1.165) is 6.42 Å². The molecule has 2 heteroatoms. The van der Waals surface area contributed by atoms with E-state index in [1.54, 1.807) is 11.1 Å². The van der Waals surface area contributed by atoms with Gasteiger partial charge < -0.3 is 5.73 Å². The van der Waals surface area contributed by atoms with Crippen molar-refractivity contribution in [1.29, 1.82) is 0 Å². The average Bonchev–Trinajstić information content (AvgIpc) is 2.89. The standard InChI is InChI=1S/C19H23NS/c1-13-10-18(9-7-16(13)11-14(2)20)21-19-8-6-15-4-3-5-17(15)12-19/h6-10,12,14H,3-5,11,20H2,1-2H3. The first-order valence-electron chi connectivity index (χ1n) is 7.76. The average molecular weight is 297 g/mol. The van der Waals surface area contributed by atoms with E-state index in [4.69, 9.17) is 5.73 Å². The van der Waals surface area contributed by atoms with Crippen LogP contribution in [0.1, 0.15) is 35.6 Å². The Hall–Kier alpha value is -1.25. The summed E-state index contributed by atoms with van der Waals surface area (Å²) in [5.74, 6) is 0. The number of fused-ring (bicyclic) bond motifs is 1. The Morgan fingerprint density at radius 1 is 1.05 bits per heavy atom. The first kappa shape index (κ1) is 14.7. The molecular weight excluding hydrogens is 274 g/mol. The molecule has 0 radical (unpaired) electrons. The van der Waals surface area contributed by atoms with E-state index in [0.29, 0.717) is 0 Å². The van der Waals surface area contributed by atoms with Crippen molar-refractivity contribution in [3.8, 4) is 0 Å². The minimum atomic E-state index is 0.221. The second-order valence-electron chi connectivity index (χ2n) is 6.16. The van der Waals surface area contributed by atoms with Crippen LogP contribution in [-0.2, 0) is 19.3 Å². The van der Waals surface area contributed by atoms with Crippen molar-refractivity contribution >= 4 is 11.8 Å². The van der Waals surface area contributed by atoms with Crippen molar-refractivity contribution in [2.75, 3.05) is 0 Å². The van der Waals surface area contributed by atoms with E-state index >= 15 is 0 Å². The van der Waals surface area contributed by atoms with Gasteiger partial charge in [0.2, 0.25) is 0 Å². The van der Waals surface area contributed by atoms with Gasteiger partial charge in [0.15, 0.2) is 0 Å². The highest BCUT2D eigenvalue weighted by Gasteiger charge is 2.11. The van der Waals surface area contributed by atoms with Crippen LogP contribution in [0.4, 0.5) is 0 Å². The predicted octanol–water partition coefficient (Wildman–Crippen LogP) is 4.52. The van der Waals surface area contributed by atoms with Gasteiger partial charge in [-0.05, 0) is 86.1 Å². The maximum Gasteiger partial charge on any atom is 0.0125 e. The van der Waals surface area contributed by atoms with Gasteiger partial charge in [0.25, 0.3) is 0 Å². The molecule has 2 aromatic carbocycles. The number of hydrogen-bond acceptors (Lipinski definition) is 2. The molecule has 0 aromatic heterocycles. The van der Waals surface area contributed by atoms with Gasteiger partial charge in [-0.15, -0.1) is 0 Å². The van der Waals surface area contributed by atoms with Gasteiger partial charge in [0.05, 0.1) is 0 Å². The minimum absolute atomic E-state index is 0.221. The smallest absolute Gasteiger partial charge is 0.0125 e. The third kappa shape index (κ3) is 3.50. The summed E-state index contributed by atoms with van der Waals surface area (Å²) in [6, 6.07) is 13.9. The van der Waals surface area contributed by atoms with Gasteiger partial charge >= 0.3 is 0 Å². The lowest BCUT2D eigenvalue weighted by Gasteiger charge is -2.11. The SMILES string of the molecule is Cc1cc(Sc2ccc3c(c2)CCC3)ccc1CC(C)N. The Labute approximate surface area is 132 Å². The highest BCUT2D eigenvalue weighted by atomic mass is 32.2. The zero-order valence-electron chi connectivity index (χ0n) is 12.9. The van der Waals surface area contributed by atoms with Crippen LogP contribution in [0.15, 0.2) is 46.2 Å². The van der Waals surface area contributed by atoms with Crippen molar-refractivity contribution in [1.82, 2.24) is 0 Å². The number of hydrogen-bond donors (Lipinski definition) is 1. The molecule has 0 saturated carbocycles. The minimum Gasteiger partial charge on any atom is -0.328 e. The molecule has 21 heavy (non-hydrogen) atoms. The molecule has 0 bridgehead atoms. The third-order valence-electron chi connectivity index (χ3n) is 4.16. The van der Waals surface area contributed by atoms with Gasteiger partial charge in [0.1, 0.15) is 0 Å². The molecule has 0 saturated heterocycles. The first-order valence-corrected chi connectivity index (χ1v) is 8.58. The number of benzene rings is 2. The fourth-order valence-corrected chi connectivity index (χ4v) is 4.04. The normalized spacial score (nSPS) is 15.0. The molecule has 0 amide bonds. The van der Waals surface area contributed by atoms with Crippen LogP contribution < -0.4 is 5.73 Å². The lowest BCUT2D eigenvalue weighted by Crippen LogP contribution is -2.18. The molecular formula is C19H23NS. The summed E-state index contributed by atoms with van der Waals surface area (Å²) < 4.78 is 0. The van der Waals surface area contributed by atoms with E-state index in [9.17, 15) is 0 Å². The van der Waals surface area contributed by atoms with E-state index in [1.165, 1.54) is 40.2 Å². The molecule has 3 rings (SSSR count). The number of nitrogens with two attached hydrogens (primary N) is 1. The highest BCUT2D eigenvalue weighted by molar-refractivity contribution is 7.99. The maximum atomic E-state index is 5.90. The van der Waals surface area contributed by atoms with Crippen LogP contribution in [0.3, 0.4) is 0 Å². The number of aryl methyl sites for hydroxylation is 3. The van der Waals surface area contributed by atoms with Crippen LogP contribution in [0.5, 0.6) is 0 Å². The van der Waals surface area contributed by atoms with Crippen molar-refractivity contribution in [2.24, 2.45) is 5.73 Å². The summed E-state index contributed by atoms with van der Waals surface area (Å²) in [5, 5.41) is 0. The summed E-state index contributed by atoms with van der Waals surface area (Å²) in [7, 11) is 0. The molecule has 1 aliphatic carbocycles. The molecule has 1 atom stereocenters. The summed E-state index contributed by atoms with van der Waals surface area (Å²) >= 11 is 1.86. The molecule has 1 nitrogen and oxygen atoms in total. The Balaban J connectivity index is 1.77. The molecule has 0 aliphatic heterocycles. The van der Waals surface area contributed by atoms with Crippen LogP contribution in [0.2, 0.25) is 0 Å². The molecule has 0 heterocycles. The molecule has 110 valence electrons. The Kier molecular flexibility index (Phi) is 4.37. The van der Waals surface area contributed by atoms with Crippen LogP contribution in [-0.4, -0.2) is 6.04 Å². The molecule has 0 fully saturated rings. The van der Waals surface area contributed by atoms with Gasteiger partial charge in [-0.25, -0.2) is 0 Å². The monoisotopic (exact) mass is 297 g/mol. The second-order valence-corrected chi connectivity index (χ2v) is 7.30. The van der Waals surface area contributed by atoms with Gasteiger partial charge in [0, 0.05) is 15.8 Å². The highest BCUT2D eigenvalue weighted by Crippen LogP contribution is 2.33. The molecule has 2 aromatic rings. The predicted molar refractivity (Wildman–Crippen MR) is 91.1 cm³/mol. The zero-order chi connectivity index (χ0) is 14.8. The summed E-state index contributed by atoms with van der Waals surface area (Å²) in [4.78, 5) is 2.67. The van der Waals surface area contributed by atoms with Gasteiger partial charge in [-0.2, -0.15) is 0 Å². The van der Waals surface area contributed by atoms with Gasteiger partial charge in [-0.3, -0.25) is 0 Å². The Bertz CT molecular complexity index is 646. The van der Waals surface area contributed by atoms with Crippen LogP contribution in [0, 0.1) is 6.92 Å². The lowest BCUT2D eigenvalue weighted by atomic mass is 10.0. The fraction of sp³-hybridized carbons (Fsp3) is 0.368. The molecule has 2 N–H and O–H groups in total. The third-order valence-corrected chi connectivity index (χ3v) is 5.14. The zero-order valence-corrected chi connectivity index (χ0v) is 13.7. The van der Waals surface area contributed by atoms with Crippen molar-refractivity contribution in [3.05, 3.63) is 58.7 Å².